The van der Waals surface area contributed by atoms with Gasteiger partial charge in [0.15, 0.2) is 5.82 Å². The molecule has 36 heavy (non-hydrogen) atoms. The lowest BCUT2D eigenvalue weighted by Gasteiger charge is -2.09. The molecule has 0 aliphatic carbocycles. The number of benzene rings is 3. The summed E-state index contributed by atoms with van der Waals surface area (Å²) in [5.74, 6) is 1.01. The molecule has 0 fully saturated rings. The summed E-state index contributed by atoms with van der Waals surface area (Å²) in [6.45, 7) is 2.01. The summed E-state index contributed by atoms with van der Waals surface area (Å²) < 4.78 is 20.5. The van der Waals surface area contributed by atoms with E-state index >= 15 is 0 Å². The zero-order valence-electron chi connectivity index (χ0n) is 19.4. The van der Waals surface area contributed by atoms with Gasteiger partial charge in [-0.05, 0) is 55.5 Å². The largest absolute Gasteiger partial charge is 0.348 e. The number of hydrogen-bond acceptors (Lipinski definition) is 6. The summed E-state index contributed by atoms with van der Waals surface area (Å²) in [4.78, 5) is 18.2. The predicted octanol–water partition coefficient (Wildman–Crippen LogP) is 5.59. The van der Waals surface area contributed by atoms with Gasteiger partial charge in [0.1, 0.15) is 5.82 Å². The van der Waals surface area contributed by atoms with Crippen LogP contribution in [0.15, 0.2) is 94.5 Å². The first-order valence-electron chi connectivity index (χ1n) is 11.3. The second-order valence-electron chi connectivity index (χ2n) is 7.99. The van der Waals surface area contributed by atoms with Gasteiger partial charge in [0.2, 0.25) is 5.89 Å². The van der Waals surface area contributed by atoms with Gasteiger partial charge in [0.05, 0.1) is 22.7 Å². The Bertz CT molecular complexity index is 1480. The molecular formula is C27H22FN5O2S. The van der Waals surface area contributed by atoms with E-state index in [4.69, 9.17) is 9.62 Å². The molecule has 0 aliphatic heterocycles. The molecule has 180 valence electrons. The average Bonchev–Trinajstić information content (AvgIpc) is 3.53. The molecule has 0 saturated carbocycles. The van der Waals surface area contributed by atoms with Crippen LogP contribution < -0.4 is 5.32 Å². The summed E-state index contributed by atoms with van der Waals surface area (Å²) in [6, 6.07) is 23.2. The summed E-state index contributed by atoms with van der Waals surface area (Å²) in [7, 11) is 0. The number of carbonyl (C=O) groups excluding carboxylic acids is 1. The number of halogens is 1. The number of rotatable bonds is 8. The molecule has 0 bridgehead atoms. The van der Waals surface area contributed by atoms with Gasteiger partial charge in [0.25, 0.3) is 5.91 Å². The van der Waals surface area contributed by atoms with Crippen molar-refractivity contribution in [3.8, 4) is 16.9 Å². The monoisotopic (exact) mass is 499 g/mol. The summed E-state index contributed by atoms with van der Waals surface area (Å²) in [5, 5.41) is 11.5. The number of nitrogens with zero attached hydrogens (tertiary/aromatic N) is 4. The number of nitrogens with one attached hydrogen (secondary N) is 1. The molecule has 3 aromatic carbocycles. The van der Waals surface area contributed by atoms with E-state index in [0.717, 1.165) is 21.7 Å². The highest BCUT2D eigenvalue weighted by atomic mass is 32.2. The third-order valence-corrected chi connectivity index (χ3v) is 6.48. The number of thioether (sulfide) groups is 1. The first kappa shape index (κ1) is 23.5. The maximum atomic E-state index is 13.5. The predicted molar refractivity (Wildman–Crippen MR) is 135 cm³/mol. The molecule has 0 atom stereocenters. The number of carbonyl (C=O) groups is 1. The van der Waals surface area contributed by atoms with E-state index in [9.17, 15) is 9.18 Å². The van der Waals surface area contributed by atoms with Gasteiger partial charge >= 0.3 is 0 Å². The van der Waals surface area contributed by atoms with Crippen LogP contribution in [0.25, 0.3) is 16.9 Å². The third kappa shape index (κ3) is 5.36. The highest BCUT2D eigenvalue weighted by Crippen LogP contribution is 2.27. The van der Waals surface area contributed by atoms with Crippen LogP contribution in [0.5, 0.6) is 0 Å². The second kappa shape index (κ2) is 10.6. The molecular weight excluding hydrogens is 477 g/mol. The lowest BCUT2D eigenvalue weighted by Crippen LogP contribution is -2.23. The molecule has 9 heteroatoms. The van der Waals surface area contributed by atoms with Gasteiger partial charge in [-0.25, -0.2) is 9.07 Å². The molecule has 0 saturated heterocycles. The van der Waals surface area contributed by atoms with Crippen molar-refractivity contribution in [3.05, 3.63) is 114 Å². The molecule has 2 heterocycles. The molecule has 5 aromatic rings. The van der Waals surface area contributed by atoms with Crippen molar-refractivity contribution in [2.75, 3.05) is 0 Å². The Labute approximate surface area is 211 Å². The van der Waals surface area contributed by atoms with E-state index in [0.29, 0.717) is 28.7 Å². The standard InChI is InChI=1S/C27H22FN5O2S/c1-18-30-25(35-32-18)17-36-24-10-6-5-9-23(24)27(34)29-15-20-16-33(22-7-3-2-4-8-22)31-26(20)19-11-13-21(28)14-12-19/h2-14,16H,15,17H2,1H3,(H,29,34). The second-order valence-corrected chi connectivity index (χ2v) is 9.01. The van der Waals surface area contributed by atoms with Crippen LogP contribution in [0.4, 0.5) is 4.39 Å². The molecule has 2 aromatic heterocycles. The average molecular weight is 500 g/mol. The van der Waals surface area contributed by atoms with E-state index in [1.54, 1.807) is 29.8 Å². The van der Waals surface area contributed by atoms with Crippen molar-refractivity contribution in [2.45, 2.75) is 24.1 Å². The highest BCUT2D eigenvalue weighted by Gasteiger charge is 2.16. The molecule has 0 radical (unpaired) electrons. The fraction of sp³-hybridized carbons (Fsp3) is 0.111. The Morgan fingerprint density at radius 3 is 2.53 bits per heavy atom. The zero-order valence-corrected chi connectivity index (χ0v) is 20.2. The molecule has 1 N–H and O–H groups in total. The van der Waals surface area contributed by atoms with Crippen LogP contribution in [0.3, 0.4) is 0 Å². The van der Waals surface area contributed by atoms with Crippen LogP contribution in [0.2, 0.25) is 0 Å². The Morgan fingerprint density at radius 1 is 1.03 bits per heavy atom. The van der Waals surface area contributed by atoms with Crippen LogP contribution in [0.1, 0.15) is 27.6 Å². The van der Waals surface area contributed by atoms with Crippen molar-refractivity contribution in [1.29, 1.82) is 0 Å². The van der Waals surface area contributed by atoms with E-state index in [1.165, 1.54) is 23.9 Å². The fourth-order valence-electron chi connectivity index (χ4n) is 3.69. The summed E-state index contributed by atoms with van der Waals surface area (Å²) in [6.07, 6.45) is 1.88. The molecule has 5 rings (SSSR count). The van der Waals surface area contributed by atoms with Gasteiger partial charge < -0.3 is 9.84 Å². The first-order valence-corrected chi connectivity index (χ1v) is 12.2. The van der Waals surface area contributed by atoms with Crippen molar-refractivity contribution < 1.29 is 13.7 Å². The zero-order chi connectivity index (χ0) is 24.9. The number of amides is 1. The Hall–Kier alpha value is -4.24. The summed E-state index contributed by atoms with van der Waals surface area (Å²) in [5.41, 5.74) is 3.69. The van der Waals surface area contributed by atoms with E-state index in [-0.39, 0.29) is 18.3 Å². The minimum atomic E-state index is -0.319. The van der Waals surface area contributed by atoms with Crippen molar-refractivity contribution in [1.82, 2.24) is 25.2 Å². The third-order valence-electron chi connectivity index (χ3n) is 5.42. The minimum absolute atomic E-state index is 0.211. The molecule has 7 nitrogen and oxygen atoms in total. The van der Waals surface area contributed by atoms with Crippen LogP contribution in [-0.2, 0) is 12.3 Å². The van der Waals surface area contributed by atoms with Gasteiger partial charge in [-0.3, -0.25) is 4.79 Å². The molecule has 0 spiro atoms. The van der Waals surface area contributed by atoms with Gasteiger partial charge in [0, 0.05) is 28.8 Å². The molecule has 1 amide bonds. The van der Waals surface area contributed by atoms with Gasteiger partial charge in [-0.1, -0.05) is 35.5 Å². The van der Waals surface area contributed by atoms with Crippen LogP contribution >= 0.6 is 11.8 Å². The first-order chi connectivity index (χ1) is 17.6. The van der Waals surface area contributed by atoms with Gasteiger partial charge in [-0.2, -0.15) is 10.1 Å². The molecule has 0 aliphatic rings. The SMILES string of the molecule is Cc1noc(CSc2ccccc2C(=O)NCc2cn(-c3ccccc3)nc2-c2ccc(F)cc2)n1. The van der Waals surface area contributed by atoms with E-state index < -0.39 is 0 Å². The summed E-state index contributed by atoms with van der Waals surface area (Å²) >= 11 is 1.46. The topological polar surface area (TPSA) is 85.8 Å². The lowest BCUT2D eigenvalue weighted by molar-refractivity contribution is 0.0948. The van der Waals surface area contributed by atoms with Gasteiger partial charge in [-0.15, -0.1) is 11.8 Å². The maximum absolute atomic E-state index is 13.5. The Balaban J connectivity index is 1.37. The van der Waals surface area contributed by atoms with E-state index in [2.05, 4.69) is 15.5 Å². The van der Waals surface area contributed by atoms with E-state index in [1.807, 2.05) is 54.7 Å². The van der Waals surface area contributed by atoms with Crippen LogP contribution in [-0.4, -0.2) is 25.8 Å². The fourth-order valence-corrected chi connectivity index (χ4v) is 4.58. The maximum Gasteiger partial charge on any atom is 0.252 e. The number of hydrogen-bond donors (Lipinski definition) is 1. The smallest absolute Gasteiger partial charge is 0.252 e. The van der Waals surface area contributed by atoms with Crippen LogP contribution in [0, 0.1) is 12.7 Å². The van der Waals surface area contributed by atoms with Crippen molar-refractivity contribution in [2.24, 2.45) is 0 Å². The minimum Gasteiger partial charge on any atom is -0.348 e. The number of aryl methyl sites for hydroxylation is 1. The van der Waals surface area contributed by atoms with Crippen molar-refractivity contribution >= 4 is 17.7 Å². The Morgan fingerprint density at radius 2 is 1.78 bits per heavy atom. The number of aromatic nitrogens is 4. The highest BCUT2D eigenvalue weighted by molar-refractivity contribution is 7.98. The Kier molecular flexibility index (Phi) is 6.90. The normalized spacial score (nSPS) is 10.9. The lowest BCUT2D eigenvalue weighted by atomic mass is 10.1. The van der Waals surface area contributed by atoms with Crippen molar-refractivity contribution in [3.63, 3.8) is 0 Å². The quantitative estimate of drug-likeness (QED) is 0.280. The number of para-hydroxylation sites is 1. The molecule has 0 unspecified atom stereocenters.